The van der Waals surface area contributed by atoms with Crippen molar-refractivity contribution in [2.24, 2.45) is 17.8 Å². The van der Waals surface area contributed by atoms with Crippen LogP contribution in [-0.2, 0) is 14.3 Å². The van der Waals surface area contributed by atoms with Gasteiger partial charge in [0.25, 0.3) is 0 Å². The molecule has 18 heavy (non-hydrogen) atoms. The van der Waals surface area contributed by atoms with Crippen LogP contribution in [-0.4, -0.2) is 30.9 Å². The van der Waals surface area contributed by atoms with E-state index in [2.05, 4.69) is 19.2 Å². The van der Waals surface area contributed by atoms with E-state index in [1.807, 2.05) is 0 Å². The van der Waals surface area contributed by atoms with Gasteiger partial charge >= 0.3 is 0 Å². The Labute approximate surface area is 108 Å². The number of ether oxygens (including phenoxy) is 1. The van der Waals surface area contributed by atoms with Crippen LogP contribution in [0.1, 0.15) is 39.5 Å². The first-order valence-electron chi connectivity index (χ1n) is 6.97. The Kier molecular flexibility index (Phi) is 4.38. The van der Waals surface area contributed by atoms with Gasteiger partial charge in [-0.25, -0.2) is 0 Å². The van der Waals surface area contributed by atoms with E-state index in [4.69, 9.17) is 4.74 Å². The average molecular weight is 253 g/mol. The molecular weight excluding hydrogens is 230 g/mol. The molecule has 1 heterocycles. The fraction of sp³-hybridized carbons (Fsp3) is 0.857. The van der Waals surface area contributed by atoms with Crippen LogP contribution in [0.3, 0.4) is 0 Å². The molecule has 2 aliphatic rings. The quantitative estimate of drug-likeness (QED) is 0.826. The van der Waals surface area contributed by atoms with Crippen LogP contribution in [0.5, 0.6) is 0 Å². The van der Waals surface area contributed by atoms with Crippen LogP contribution in [0.15, 0.2) is 0 Å². The molecule has 2 atom stereocenters. The van der Waals surface area contributed by atoms with Crippen LogP contribution >= 0.6 is 0 Å². The summed E-state index contributed by atoms with van der Waals surface area (Å²) in [5.41, 5.74) is 0. The normalized spacial score (nSPS) is 29.2. The Morgan fingerprint density at radius 2 is 2.17 bits per heavy atom. The number of hydrogen-bond acceptors (Lipinski definition) is 3. The molecule has 0 aromatic rings. The standard InChI is InChI=1S/C14H23NO3/c1-9(2)13-5-10(3-4-18-13)8-15-14(17)11-6-12(16)7-11/h9-11,13H,3-8H2,1-2H3,(H,15,17). The number of carbonyl (C=O) groups is 2. The smallest absolute Gasteiger partial charge is 0.224 e. The first-order valence-corrected chi connectivity index (χ1v) is 6.97. The van der Waals surface area contributed by atoms with Crippen molar-refractivity contribution in [2.45, 2.75) is 45.6 Å². The van der Waals surface area contributed by atoms with Crippen molar-refractivity contribution in [3.8, 4) is 0 Å². The maximum atomic E-state index is 11.7. The third-order valence-corrected chi connectivity index (χ3v) is 4.05. The minimum absolute atomic E-state index is 0.0572. The summed E-state index contributed by atoms with van der Waals surface area (Å²) in [6, 6.07) is 0. The molecule has 0 aromatic carbocycles. The van der Waals surface area contributed by atoms with Gasteiger partial charge in [0.15, 0.2) is 0 Å². The van der Waals surface area contributed by atoms with Gasteiger partial charge in [0, 0.05) is 26.0 Å². The Morgan fingerprint density at radius 3 is 2.78 bits per heavy atom. The van der Waals surface area contributed by atoms with Crippen LogP contribution in [0.2, 0.25) is 0 Å². The van der Waals surface area contributed by atoms with Gasteiger partial charge in [-0.1, -0.05) is 13.8 Å². The molecule has 4 heteroatoms. The molecule has 1 aliphatic heterocycles. The highest BCUT2D eigenvalue weighted by Crippen LogP contribution is 2.25. The molecular formula is C14H23NO3. The molecule has 0 radical (unpaired) electrons. The van der Waals surface area contributed by atoms with Crippen molar-refractivity contribution in [3.63, 3.8) is 0 Å². The maximum Gasteiger partial charge on any atom is 0.224 e. The molecule has 0 bridgehead atoms. The molecule has 1 saturated heterocycles. The minimum Gasteiger partial charge on any atom is -0.378 e. The lowest BCUT2D eigenvalue weighted by Crippen LogP contribution is -2.42. The Hall–Kier alpha value is -0.900. The van der Waals surface area contributed by atoms with Gasteiger partial charge in [0.05, 0.1) is 12.0 Å². The molecule has 2 unspecified atom stereocenters. The number of amides is 1. The number of nitrogens with one attached hydrogen (secondary N) is 1. The van der Waals surface area contributed by atoms with Gasteiger partial charge in [0.2, 0.25) is 5.91 Å². The Bertz CT molecular complexity index is 319. The van der Waals surface area contributed by atoms with Gasteiger partial charge in [-0.15, -0.1) is 0 Å². The molecule has 0 aromatic heterocycles. The summed E-state index contributed by atoms with van der Waals surface area (Å²) in [7, 11) is 0. The third-order valence-electron chi connectivity index (χ3n) is 4.05. The molecule has 1 saturated carbocycles. The van der Waals surface area contributed by atoms with Crippen LogP contribution in [0.25, 0.3) is 0 Å². The molecule has 4 nitrogen and oxygen atoms in total. The van der Waals surface area contributed by atoms with Crippen LogP contribution in [0.4, 0.5) is 0 Å². The summed E-state index contributed by atoms with van der Waals surface area (Å²) in [6.07, 6.45) is 3.25. The monoisotopic (exact) mass is 253 g/mol. The van der Waals surface area contributed by atoms with Gasteiger partial charge in [-0.2, -0.15) is 0 Å². The highest BCUT2D eigenvalue weighted by molar-refractivity contribution is 5.96. The van der Waals surface area contributed by atoms with E-state index in [0.29, 0.717) is 30.8 Å². The molecule has 1 amide bonds. The number of Topliss-reactive ketones (excluding diaryl/α,β-unsaturated/α-hetero) is 1. The van der Waals surface area contributed by atoms with E-state index in [1.165, 1.54) is 0 Å². The lowest BCUT2D eigenvalue weighted by atomic mass is 9.83. The second-order valence-electron chi connectivity index (χ2n) is 5.93. The first-order chi connectivity index (χ1) is 8.56. The van der Waals surface area contributed by atoms with Crippen molar-refractivity contribution >= 4 is 11.7 Å². The summed E-state index contributed by atoms with van der Waals surface area (Å²) >= 11 is 0. The summed E-state index contributed by atoms with van der Waals surface area (Å²) in [6.45, 7) is 5.87. The topological polar surface area (TPSA) is 55.4 Å². The Morgan fingerprint density at radius 1 is 1.44 bits per heavy atom. The molecule has 2 fully saturated rings. The van der Waals surface area contributed by atoms with E-state index in [1.54, 1.807) is 0 Å². The van der Waals surface area contributed by atoms with E-state index in [0.717, 1.165) is 26.0 Å². The molecule has 2 rings (SSSR count). The second-order valence-corrected chi connectivity index (χ2v) is 5.93. The number of rotatable bonds is 4. The highest BCUT2D eigenvalue weighted by atomic mass is 16.5. The van der Waals surface area contributed by atoms with Crippen molar-refractivity contribution in [1.29, 1.82) is 0 Å². The number of hydrogen-bond donors (Lipinski definition) is 1. The third kappa shape index (κ3) is 3.31. The number of carbonyl (C=O) groups excluding carboxylic acids is 2. The van der Waals surface area contributed by atoms with E-state index < -0.39 is 0 Å². The van der Waals surface area contributed by atoms with Gasteiger partial charge < -0.3 is 10.1 Å². The fourth-order valence-corrected chi connectivity index (χ4v) is 2.62. The SMILES string of the molecule is CC(C)C1CC(CNC(=O)C2CC(=O)C2)CCO1. The van der Waals surface area contributed by atoms with Crippen LogP contribution in [0, 0.1) is 17.8 Å². The molecule has 1 N–H and O–H groups in total. The minimum atomic E-state index is -0.0572. The zero-order valence-electron chi connectivity index (χ0n) is 11.3. The van der Waals surface area contributed by atoms with E-state index in [9.17, 15) is 9.59 Å². The maximum absolute atomic E-state index is 11.7. The fourth-order valence-electron chi connectivity index (χ4n) is 2.62. The zero-order valence-corrected chi connectivity index (χ0v) is 11.3. The largest absolute Gasteiger partial charge is 0.378 e. The van der Waals surface area contributed by atoms with Crippen molar-refractivity contribution in [2.75, 3.05) is 13.2 Å². The summed E-state index contributed by atoms with van der Waals surface area (Å²) in [4.78, 5) is 22.6. The summed E-state index contributed by atoms with van der Waals surface area (Å²) in [5, 5.41) is 2.99. The van der Waals surface area contributed by atoms with Crippen LogP contribution < -0.4 is 5.32 Å². The summed E-state index contributed by atoms with van der Waals surface area (Å²) in [5.74, 6) is 1.26. The van der Waals surface area contributed by atoms with Gasteiger partial charge in [0.1, 0.15) is 5.78 Å². The summed E-state index contributed by atoms with van der Waals surface area (Å²) < 4.78 is 5.71. The average Bonchev–Trinajstić information content (AvgIpc) is 2.32. The van der Waals surface area contributed by atoms with Crippen molar-refractivity contribution in [1.82, 2.24) is 5.32 Å². The van der Waals surface area contributed by atoms with Gasteiger partial charge in [-0.3, -0.25) is 9.59 Å². The highest BCUT2D eigenvalue weighted by Gasteiger charge is 2.33. The zero-order chi connectivity index (χ0) is 13.1. The molecule has 102 valence electrons. The van der Waals surface area contributed by atoms with E-state index >= 15 is 0 Å². The lowest BCUT2D eigenvalue weighted by Gasteiger charge is -2.32. The second kappa shape index (κ2) is 5.83. The number of ketones is 1. The predicted molar refractivity (Wildman–Crippen MR) is 68.0 cm³/mol. The molecule has 0 spiro atoms. The predicted octanol–water partition coefficient (Wildman–Crippen LogP) is 1.53. The molecule has 1 aliphatic carbocycles. The van der Waals surface area contributed by atoms with E-state index in [-0.39, 0.29) is 17.6 Å². The lowest BCUT2D eigenvalue weighted by molar-refractivity contribution is -0.138. The first kappa shape index (κ1) is 13.5. The van der Waals surface area contributed by atoms with Crippen molar-refractivity contribution < 1.29 is 14.3 Å². The Balaban J connectivity index is 1.69. The van der Waals surface area contributed by atoms with Crippen molar-refractivity contribution in [3.05, 3.63) is 0 Å². The van der Waals surface area contributed by atoms with Gasteiger partial charge in [-0.05, 0) is 24.7 Å².